The monoisotopic (exact) mass is 349 g/mol. The van der Waals surface area contributed by atoms with E-state index >= 15 is 0 Å². The minimum absolute atomic E-state index is 0.306. The summed E-state index contributed by atoms with van der Waals surface area (Å²) in [6.45, 7) is 4.55. The van der Waals surface area contributed by atoms with Crippen LogP contribution in [0.3, 0.4) is 0 Å². The number of hydrogen-bond donors (Lipinski definition) is 1. The van der Waals surface area contributed by atoms with Gasteiger partial charge >= 0.3 is 5.97 Å². The van der Waals surface area contributed by atoms with Crippen LogP contribution in [0.25, 0.3) is 11.1 Å². The molecule has 3 aromatic rings. The first kappa shape index (κ1) is 17.9. The van der Waals surface area contributed by atoms with Crippen molar-refractivity contribution in [3.8, 4) is 11.1 Å². The fraction of sp³-hybridized carbons (Fsp3) is 0.286. The van der Waals surface area contributed by atoms with E-state index in [2.05, 4.69) is 17.0 Å². The van der Waals surface area contributed by atoms with E-state index < -0.39 is 5.97 Å². The standard InChI is InChI=1S/C21H23N3O2/c1-3-4-10-20-22-15(2)23-24(20)14-16-11-12-18(19(13-16)21(25)26)17-8-6-5-7-9-17/h5-9,11-13H,3-4,10,14H2,1-2H3,(H,25,26). The molecule has 0 spiro atoms. The number of carbonyl (C=O) groups is 1. The molecule has 0 radical (unpaired) electrons. The van der Waals surface area contributed by atoms with Crippen molar-refractivity contribution in [1.29, 1.82) is 0 Å². The average Bonchev–Trinajstić information content (AvgIpc) is 2.99. The predicted molar refractivity (Wildman–Crippen MR) is 101 cm³/mol. The second-order valence-corrected chi connectivity index (χ2v) is 6.39. The molecule has 1 aromatic heterocycles. The number of unbranched alkanes of at least 4 members (excludes halogenated alkanes) is 1. The maximum atomic E-state index is 11.8. The van der Waals surface area contributed by atoms with Gasteiger partial charge < -0.3 is 5.11 Å². The summed E-state index contributed by atoms with van der Waals surface area (Å²) >= 11 is 0. The Kier molecular flexibility index (Phi) is 5.46. The highest BCUT2D eigenvalue weighted by Gasteiger charge is 2.14. The van der Waals surface area contributed by atoms with Gasteiger partial charge in [-0.2, -0.15) is 5.10 Å². The lowest BCUT2D eigenvalue weighted by Crippen LogP contribution is -2.09. The Morgan fingerprint density at radius 2 is 1.92 bits per heavy atom. The van der Waals surface area contributed by atoms with Gasteiger partial charge in [-0.1, -0.05) is 55.8 Å². The fourth-order valence-corrected chi connectivity index (χ4v) is 3.05. The number of aryl methyl sites for hydroxylation is 2. The maximum Gasteiger partial charge on any atom is 0.336 e. The van der Waals surface area contributed by atoms with Crippen LogP contribution in [-0.4, -0.2) is 25.8 Å². The normalized spacial score (nSPS) is 10.8. The lowest BCUT2D eigenvalue weighted by molar-refractivity contribution is 0.0697. The van der Waals surface area contributed by atoms with E-state index in [9.17, 15) is 9.90 Å². The summed E-state index contributed by atoms with van der Waals surface area (Å²) in [5.74, 6) is 0.774. The van der Waals surface area contributed by atoms with Crippen molar-refractivity contribution in [2.45, 2.75) is 39.7 Å². The van der Waals surface area contributed by atoms with Gasteiger partial charge in [0.25, 0.3) is 0 Å². The zero-order chi connectivity index (χ0) is 18.5. The second-order valence-electron chi connectivity index (χ2n) is 6.39. The zero-order valence-electron chi connectivity index (χ0n) is 15.1. The number of carboxylic acid groups (broad SMARTS) is 1. The Morgan fingerprint density at radius 3 is 2.62 bits per heavy atom. The molecule has 0 atom stereocenters. The van der Waals surface area contributed by atoms with Gasteiger partial charge in [0, 0.05) is 6.42 Å². The number of carboxylic acids is 1. The summed E-state index contributed by atoms with van der Waals surface area (Å²) in [6, 6.07) is 15.2. The molecule has 0 saturated carbocycles. The molecule has 1 N–H and O–H groups in total. The van der Waals surface area contributed by atoms with Crippen LogP contribution in [0.1, 0.15) is 47.3 Å². The first-order valence-electron chi connectivity index (χ1n) is 8.90. The zero-order valence-corrected chi connectivity index (χ0v) is 15.1. The average molecular weight is 349 g/mol. The van der Waals surface area contributed by atoms with Crippen LogP contribution < -0.4 is 0 Å². The van der Waals surface area contributed by atoms with E-state index in [0.29, 0.717) is 12.1 Å². The number of hydrogen-bond acceptors (Lipinski definition) is 3. The summed E-state index contributed by atoms with van der Waals surface area (Å²) in [4.78, 5) is 16.3. The molecule has 1 heterocycles. The SMILES string of the molecule is CCCCc1nc(C)nn1Cc1ccc(-c2ccccc2)c(C(=O)O)c1. The molecule has 0 amide bonds. The van der Waals surface area contributed by atoms with Crippen LogP contribution in [0.15, 0.2) is 48.5 Å². The Morgan fingerprint density at radius 1 is 1.15 bits per heavy atom. The third kappa shape index (κ3) is 3.99. The maximum absolute atomic E-state index is 11.8. The van der Waals surface area contributed by atoms with Crippen molar-refractivity contribution in [3.05, 3.63) is 71.3 Å². The molecule has 134 valence electrons. The van der Waals surface area contributed by atoms with E-state index in [-0.39, 0.29) is 0 Å². The molecular weight excluding hydrogens is 326 g/mol. The number of nitrogens with zero attached hydrogens (tertiary/aromatic N) is 3. The van der Waals surface area contributed by atoms with Crippen LogP contribution in [0.4, 0.5) is 0 Å². The molecule has 0 aliphatic heterocycles. The van der Waals surface area contributed by atoms with E-state index in [1.54, 1.807) is 6.07 Å². The predicted octanol–water partition coefficient (Wildman–Crippen LogP) is 4.34. The molecule has 5 heteroatoms. The molecular formula is C21H23N3O2. The van der Waals surface area contributed by atoms with Gasteiger partial charge in [-0.25, -0.2) is 14.5 Å². The first-order chi connectivity index (χ1) is 12.6. The van der Waals surface area contributed by atoms with Crippen LogP contribution >= 0.6 is 0 Å². The molecule has 0 unspecified atom stereocenters. The molecule has 0 bridgehead atoms. The lowest BCUT2D eigenvalue weighted by Gasteiger charge is -2.10. The minimum atomic E-state index is -0.924. The summed E-state index contributed by atoms with van der Waals surface area (Å²) in [6.07, 6.45) is 3.04. The number of aromatic carboxylic acids is 1. The Hall–Kier alpha value is -2.95. The van der Waals surface area contributed by atoms with Crippen molar-refractivity contribution in [2.75, 3.05) is 0 Å². The van der Waals surface area contributed by atoms with Gasteiger partial charge in [-0.15, -0.1) is 0 Å². The smallest absolute Gasteiger partial charge is 0.336 e. The molecule has 5 nitrogen and oxygen atoms in total. The van der Waals surface area contributed by atoms with Gasteiger partial charge in [-0.05, 0) is 36.1 Å². The van der Waals surface area contributed by atoms with Crippen LogP contribution in [0.5, 0.6) is 0 Å². The van der Waals surface area contributed by atoms with E-state index in [0.717, 1.165) is 47.6 Å². The van der Waals surface area contributed by atoms with Crippen molar-refractivity contribution >= 4 is 5.97 Å². The molecule has 0 fully saturated rings. The van der Waals surface area contributed by atoms with Crippen molar-refractivity contribution in [1.82, 2.24) is 14.8 Å². The number of benzene rings is 2. The lowest BCUT2D eigenvalue weighted by atomic mass is 9.97. The van der Waals surface area contributed by atoms with E-state index in [1.165, 1.54) is 0 Å². The number of rotatable bonds is 7. The Labute approximate surface area is 153 Å². The van der Waals surface area contributed by atoms with Crippen molar-refractivity contribution < 1.29 is 9.90 Å². The topological polar surface area (TPSA) is 68.0 Å². The van der Waals surface area contributed by atoms with Gasteiger partial charge in [-0.3, -0.25) is 0 Å². The highest BCUT2D eigenvalue weighted by Crippen LogP contribution is 2.25. The molecule has 2 aromatic carbocycles. The molecule has 3 rings (SSSR count). The van der Waals surface area contributed by atoms with Gasteiger partial charge in [0.15, 0.2) is 0 Å². The first-order valence-corrected chi connectivity index (χ1v) is 8.90. The van der Waals surface area contributed by atoms with Gasteiger partial charge in [0.05, 0.1) is 12.1 Å². The van der Waals surface area contributed by atoms with Crippen LogP contribution in [0, 0.1) is 6.92 Å². The number of aromatic nitrogens is 3. The van der Waals surface area contributed by atoms with Crippen molar-refractivity contribution in [2.24, 2.45) is 0 Å². The van der Waals surface area contributed by atoms with Gasteiger partial charge in [0.1, 0.15) is 11.6 Å². The largest absolute Gasteiger partial charge is 0.478 e. The van der Waals surface area contributed by atoms with Crippen LogP contribution in [0.2, 0.25) is 0 Å². The van der Waals surface area contributed by atoms with E-state index in [1.807, 2.05) is 54.1 Å². The summed E-state index contributed by atoms with van der Waals surface area (Å²) < 4.78 is 1.88. The molecule has 0 saturated heterocycles. The highest BCUT2D eigenvalue weighted by atomic mass is 16.4. The molecule has 0 aliphatic rings. The molecule has 26 heavy (non-hydrogen) atoms. The third-order valence-corrected chi connectivity index (χ3v) is 4.34. The van der Waals surface area contributed by atoms with Crippen LogP contribution in [-0.2, 0) is 13.0 Å². The van der Waals surface area contributed by atoms with Crippen molar-refractivity contribution in [3.63, 3.8) is 0 Å². The third-order valence-electron chi connectivity index (χ3n) is 4.34. The second kappa shape index (κ2) is 7.95. The fourth-order valence-electron chi connectivity index (χ4n) is 3.05. The summed E-state index contributed by atoms with van der Waals surface area (Å²) in [5.41, 5.74) is 2.84. The Bertz CT molecular complexity index is 901. The van der Waals surface area contributed by atoms with Gasteiger partial charge in [0.2, 0.25) is 0 Å². The Balaban J connectivity index is 1.93. The minimum Gasteiger partial charge on any atom is -0.478 e. The quantitative estimate of drug-likeness (QED) is 0.689. The molecule has 0 aliphatic carbocycles. The summed E-state index contributed by atoms with van der Waals surface area (Å²) in [7, 11) is 0. The summed E-state index contributed by atoms with van der Waals surface area (Å²) in [5, 5.41) is 14.1. The van der Waals surface area contributed by atoms with E-state index in [4.69, 9.17) is 0 Å². The highest BCUT2D eigenvalue weighted by molar-refractivity contribution is 5.96.